The number of alkyl halides is 3. The van der Waals surface area contributed by atoms with Gasteiger partial charge >= 0.3 is 6.18 Å². The summed E-state index contributed by atoms with van der Waals surface area (Å²) < 4.78 is 37.7. The first-order valence-corrected chi connectivity index (χ1v) is 6.69. The number of aromatic hydroxyl groups is 1. The van der Waals surface area contributed by atoms with Gasteiger partial charge in [-0.3, -0.25) is 9.78 Å². The Hall–Kier alpha value is -2.03. The van der Waals surface area contributed by atoms with Crippen LogP contribution < -0.4 is 5.56 Å². The van der Waals surface area contributed by atoms with Crippen molar-refractivity contribution in [1.82, 2.24) is 15.0 Å². The molecule has 0 bridgehead atoms. The normalized spacial score (nSPS) is 11.6. The first-order chi connectivity index (χ1) is 9.77. The lowest BCUT2D eigenvalue weighted by molar-refractivity contribution is -0.141. The Kier molecular flexibility index (Phi) is 4.21. The number of hydrogen-bond acceptors (Lipinski definition) is 5. The van der Waals surface area contributed by atoms with E-state index in [9.17, 15) is 23.1 Å². The van der Waals surface area contributed by atoms with E-state index < -0.39 is 17.4 Å². The van der Waals surface area contributed by atoms with Crippen molar-refractivity contribution in [1.29, 1.82) is 0 Å². The minimum Gasteiger partial charge on any atom is -0.506 e. The zero-order valence-electron chi connectivity index (χ0n) is 10.7. The van der Waals surface area contributed by atoms with Crippen LogP contribution in [-0.2, 0) is 11.9 Å². The van der Waals surface area contributed by atoms with Crippen molar-refractivity contribution in [3.05, 3.63) is 45.6 Å². The van der Waals surface area contributed by atoms with Gasteiger partial charge in [0.25, 0.3) is 5.56 Å². The van der Waals surface area contributed by atoms with Gasteiger partial charge in [-0.25, -0.2) is 4.98 Å². The van der Waals surface area contributed by atoms with Crippen molar-refractivity contribution in [2.24, 2.45) is 0 Å². The second-order valence-electron chi connectivity index (χ2n) is 4.18. The van der Waals surface area contributed by atoms with E-state index in [0.29, 0.717) is 17.2 Å². The second-order valence-corrected chi connectivity index (χ2v) is 5.14. The van der Waals surface area contributed by atoms with Gasteiger partial charge in [0.15, 0.2) is 10.9 Å². The minimum absolute atomic E-state index is 0.0585. The maximum Gasteiger partial charge on any atom is 0.433 e. The molecule has 2 aromatic heterocycles. The number of aryl methyl sites for hydroxylation is 1. The van der Waals surface area contributed by atoms with E-state index >= 15 is 0 Å². The van der Waals surface area contributed by atoms with Gasteiger partial charge in [0.2, 0.25) is 0 Å². The predicted octanol–water partition coefficient (Wildman–Crippen LogP) is 2.49. The zero-order valence-corrected chi connectivity index (χ0v) is 11.5. The highest BCUT2D eigenvalue weighted by molar-refractivity contribution is 7.98. The average molecular weight is 317 g/mol. The number of H-pyrrole nitrogens is 1. The molecule has 5 nitrogen and oxygen atoms in total. The highest BCUT2D eigenvalue weighted by Crippen LogP contribution is 2.30. The fourth-order valence-corrected chi connectivity index (χ4v) is 2.55. The second kappa shape index (κ2) is 5.76. The van der Waals surface area contributed by atoms with Gasteiger partial charge in [-0.1, -0.05) is 11.8 Å². The van der Waals surface area contributed by atoms with Gasteiger partial charge in [0.05, 0.1) is 6.20 Å². The molecule has 0 spiro atoms. The number of nitrogens with one attached hydrogen (secondary N) is 1. The van der Waals surface area contributed by atoms with Crippen molar-refractivity contribution < 1.29 is 18.3 Å². The van der Waals surface area contributed by atoms with E-state index in [1.807, 2.05) is 0 Å². The van der Waals surface area contributed by atoms with Crippen molar-refractivity contribution >= 4 is 11.8 Å². The van der Waals surface area contributed by atoms with Crippen LogP contribution in [0.4, 0.5) is 13.2 Å². The molecule has 0 fully saturated rings. The third-order valence-electron chi connectivity index (χ3n) is 2.61. The molecule has 0 amide bonds. The van der Waals surface area contributed by atoms with Gasteiger partial charge in [0, 0.05) is 23.6 Å². The van der Waals surface area contributed by atoms with Gasteiger partial charge in [0.1, 0.15) is 5.75 Å². The summed E-state index contributed by atoms with van der Waals surface area (Å²) in [4.78, 5) is 20.6. The lowest BCUT2D eigenvalue weighted by Gasteiger charge is -2.09. The van der Waals surface area contributed by atoms with E-state index in [-0.39, 0.29) is 16.7 Å². The molecular formula is C12H10F3N3O2S. The molecule has 2 N–H and O–H groups in total. The Morgan fingerprint density at radius 2 is 2.10 bits per heavy atom. The summed E-state index contributed by atoms with van der Waals surface area (Å²) in [5.74, 6) is 0.0987. The summed E-state index contributed by atoms with van der Waals surface area (Å²) in [5, 5.41) is 9.50. The molecular weight excluding hydrogens is 307 g/mol. The summed E-state index contributed by atoms with van der Waals surface area (Å²) in [5.41, 5.74) is -0.910. The van der Waals surface area contributed by atoms with E-state index in [1.54, 1.807) is 6.92 Å². The van der Waals surface area contributed by atoms with Crippen LogP contribution in [0.15, 0.2) is 28.4 Å². The number of nitrogens with zero attached hydrogens (tertiary/aromatic N) is 2. The third kappa shape index (κ3) is 3.75. The largest absolute Gasteiger partial charge is 0.506 e. The third-order valence-corrected chi connectivity index (χ3v) is 3.51. The van der Waals surface area contributed by atoms with Crippen molar-refractivity contribution in [2.45, 2.75) is 24.0 Å². The number of thioether (sulfide) groups is 1. The van der Waals surface area contributed by atoms with Crippen molar-refractivity contribution in [2.75, 3.05) is 0 Å². The van der Waals surface area contributed by atoms with Gasteiger partial charge in [-0.15, -0.1) is 0 Å². The number of rotatable bonds is 3. The molecule has 9 heteroatoms. The lowest BCUT2D eigenvalue weighted by atomic mass is 10.2. The fraction of sp³-hybridized carbons (Fsp3) is 0.250. The van der Waals surface area contributed by atoms with Crippen LogP contribution in [-0.4, -0.2) is 20.1 Å². The minimum atomic E-state index is -4.68. The number of halogens is 3. The number of pyridine rings is 1. The Bertz CT molecular complexity index is 695. The summed E-state index contributed by atoms with van der Waals surface area (Å²) in [6, 6.07) is 0.402. The van der Waals surface area contributed by atoms with Gasteiger partial charge in [-0.2, -0.15) is 13.2 Å². The Morgan fingerprint density at radius 3 is 2.71 bits per heavy atom. The number of hydrogen-bond donors (Lipinski definition) is 2. The smallest absolute Gasteiger partial charge is 0.433 e. The van der Waals surface area contributed by atoms with Crippen molar-refractivity contribution in [3.63, 3.8) is 0 Å². The molecule has 2 heterocycles. The van der Waals surface area contributed by atoms with Crippen LogP contribution in [0.1, 0.15) is 16.8 Å². The lowest BCUT2D eigenvalue weighted by Crippen LogP contribution is -2.16. The highest BCUT2D eigenvalue weighted by Gasteiger charge is 2.33. The van der Waals surface area contributed by atoms with Crippen LogP contribution in [0.2, 0.25) is 0 Å². The van der Waals surface area contributed by atoms with Crippen LogP contribution in [0, 0.1) is 6.92 Å². The molecule has 112 valence electrons. The molecule has 2 aromatic rings. The molecule has 0 saturated heterocycles. The maximum atomic E-state index is 12.6. The van der Waals surface area contributed by atoms with E-state index in [4.69, 9.17) is 0 Å². The molecule has 2 rings (SSSR count). The highest BCUT2D eigenvalue weighted by atomic mass is 32.2. The zero-order chi connectivity index (χ0) is 15.6. The van der Waals surface area contributed by atoms with E-state index in [2.05, 4.69) is 15.0 Å². The Morgan fingerprint density at radius 1 is 1.38 bits per heavy atom. The van der Waals surface area contributed by atoms with Gasteiger partial charge < -0.3 is 10.1 Å². The maximum absolute atomic E-state index is 12.6. The predicted molar refractivity (Wildman–Crippen MR) is 70.1 cm³/mol. The van der Waals surface area contributed by atoms with E-state index in [0.717, 1.165) is 11.8 Å². The van der Waals surface area contributed by atoms with Crippen LogP contribution >= 0.6 is 11.8 Å². The quantitative estimate of drug-likeness (QED) is 0.672. The standard InChI is InChI=1S/C12H10F3N3O2S/c1-6-3-16-4-8(19)7(6)5-21-11-17-9(12(13,14)15)2-10(20)18-11/h2-4,19H,5H2,1H3,(H,17,18,20). The molecule has 0 aliphatic heterocycles. The molecule has 0 unspecified atom stereocenters. The van der Waals surface area contributed by atoms with Crippen molar-refractivity contribution in [3.8, 4) is 5.75 Å². The molecule has 0 atom stereocenters. The first kappa shape index (κ1) is 15.4. The summed E-state index contributed by atoms with van der Waals surface area (Å²) in [7, 11) is 0. The summed E-state index contributed by atoms with van der Waals surface area (Å²) in [6.45, 7) is 1.71. The summed E-state index contributed by atoms with van der Waals surface area (Å²) >= 11 is 0.892. The number of aromatic nitrogens is 3. The van der Waals surface area contributed by atoms with Crippen LogP contribution in [0.3, 0.4) is 0 Å². The molecule has 0 aromatic carbocycles. The molecule has 0 aliphatic rings. The first-order valence-electron chi connectivity index (χ1n) is 5.71. The molecule has 0 radical (unpaired) electrons. The van der Waals surface area contributed by atoms with Crippen LogP contribution in [0.25, 0.3) is 0 Å². The topological polar surface area (TPSA) is 78.9 Å². The summed E-state index contributed by atoms with van der Waals surface area (Å²) in [6.07, 6.45) is -1.92. The van der Waals surface area contributed by atoms with Gasteiger partial charge in [-0.05, 0) is 12.5 Å². The molecule has 0 aliphatic carbocycles. The Labute approximate surface area is 121 Å². The van der Waals surface area contributed by atoms with E-state index in [1.165, 1.54) is 12.4 Å². The van der Waals surface area contributed by atoms with Crippen LogP contribution in [0.5, 0.6) is 5.75 Å². The average Bonchev–Trinajstić information content (AvgIpc) is 2.36. The fourth-order valence-electron chi connectivity index (χ4n) is 1.55. The molecule has 21 heavy (non-hydrogen) atoms. The molecule has 0 saturated carbocycles. The SMILES string of the molecule is Cc1cncc(O)c1CSc1nc(C(F)(F)F)cc(=O)[nH]1. The number of aromatic amines is 1. The monoisotopic (exact) mass is 317 g/mol. The Balaban J connectivity index is 2.25.